The molecule has 3 heterocycles. The predicted molar refractivity (Wildman–Crippen MR) is 94.2 cm³/mol. The summed E-state index contributed by atoms with van der Waals surface area (Å²) in [6, 6.07) is 0. The Hall–Kier alpha value is -2.44. The molecule has 3 rings (SSSR count). The van der Waals surface area contributed by atoms with E-state index in [1.807, 2.05) is 31.3 Å². The van der Waals surface area contributed by atoms with Crippen LogP contribution in [0.25, 0.3) is 0 Å². The molecule has 0 bridgehead atoms. The number of nitrogens with zero attached hydrogens (tertiary/aromatic N) is 4. The number of likely N-dealkylation sites (tertiary alicyclic amines) is 1. The summed E-state index contributed by atoms with van der Waals surface area (Å²) in [5.41, 5.74) is 2.16. The smallest absolute Gasteiger partial charge is 0.342 e. The SMILES string of the molecule is Cc1nc(=O)[nH]c(C)c1CCC(=O)N1CCC[C@@H](Cn2ccnc2)C1. The first-order valence-corrected chi connectivity index (χ1v) is 8.83. The third kappa shape index (κ3) is 4.35. The molecule has 7 nitrogen and oxygen atoms in total. The van der Waals surface area contributed by atoms with Crippen LogP contribution in [0.1, 0.15) is 36.2 Å². The van der Waals surface area contributed by atoms with Gasteiger partial charge < -0.3 is 14.5 Å². The van der Waals surface area contributed by atoms with Gasteiger partial charge in [0, 0.05) is 49.8 Å². The molecule has 134 valence electrons. The van der Waals surface area contributed by atoms with Gasteiger partial charge in [0.1, 0.15) is 0 Å². The summed E-state index contributed by atoms with van der Waals surface area (Å²) < 4.78 is 2.08. The van der Waals surface area contributed by atoms with Gasteiger partial charge in [-0.05, 0) is 44.6 Å². The Morgan fingerprint density at radius 3 is 2.96 bits per heavy atom. The molecule has 1 amide bonds. The maximum Gasteiger partial charge on any atom is 0.345 e. The molecule has 0 saturated carbocycles. The summed E-state index contributed by atoms with van der Waals surface area (Å²) in [4.78, 5) is 36.7. The quantitative estimate of drug-likeness (QED) is 0.891. The Kier molecular flexibility index (Phi) is 5.31. The molecule has 0 unspecified atom stereocenters. The Bertz CT molecular complexity index is 755. The van der Waals surface area contributed by atoms with Crippen molar-refractivity contribution in [1.82, 2.24) is 24.4 Å². The van der Waals surface area contributed by atoms with Gasteiger partial charge in [-0.25, -0.2) is 9.78 Å². The second-order valence-electron chi connectivity index (χ2n) is 6.84. The molecule has 7 heteroatoms. The van der Waals surface area contributed by atoms with Gasteiger partial charge in [0.2, 0.25) is 5.91 Å². The standard InChI is InChI=1S/C18H25N5O2/c1-13-16(14(2)21-18(25)20-13)5-6-17(24)23-8-3-4-15(11-23)10-22-9-7-19-12-22/h7,9,12,15H,3-6,8,10-11H2,1-2H3,(H,20,21,25)/t15-/m0/s1. The van der Waals surface area contributed by atoms with E-state index in [0.29, 0.717) is 24.5 Å². The van der Waals surface area contributed by atoms with Crippen molar-refractivity contribution in [1.29, 1.82) is 0 Å². The summed E-state index contributed by atoms with van der Waals surface area (Å²) in [5.74, 6) is 0.658. The lowest BCUT2D eigenvalue weighted by Crippen LogP contribution is -2.41. The van der Waals surface area contributed by atoms with Crippen molar-refractivity contribution in [2.45, 2.75) is 46.1 Å². The molecule has 1 fully saturated rings. The van der Waals surface area contributed by atoms with Gasteiger partial charge in [-0.15, -0.1) is 0 Å². The first-order valence-electron chi connectivity index (χ1n) is 8.83. The third-order valence-corrected chi connectivity index (χ3v) is 4.94. The van der Waals surface area contributed by atoms with E-state index in [-0.39, 0.29) is 11.6 Å². The zero-order valence-corrected chi connectivity index (χ0v) is 14.9. The van der Waals surface area contributed by atoms with Gasteiger partial charge in [0.25, 0.3) is 0 Å². The highest BCUT2D eigenvalue weighted by Crippen LogP contribution is 2.20. The maximum atomic E-state index is 12.6. The van der Waals surface area contributed by atoms with E-state index < -0.39 is 0 Å². The number of hydrogen-bond donors (Lipinski definition) is 1. The van der Waals surface area contributed by atoms with Crippen molar-refractivity contribution in [3.8, 4) is 0 Å². The normalized spacial score (nSPS) is 17.7. The number of nitrogens with one attached hydrogen (secondary N) is 1. The van der Waals surface area contributed by atoms with Crippen molar-refractivity contribution in [3.63, 3.8) is 0 Å². The first kappa shape index (κ1) is 17.4. The highest BCUT2D eigenvalue weighted by Gasteiger charge is 2.24. The lowest BCUT2D eigenvalue weighted by Gasteiger charge is -2.33. The van der Waals surface area contributed by atoms with Crippen LogP contribution in [0, 0.1) is 19.8 Å². The van der Waals surface area contributed by atoms with Crippen LogP contribution in [0.2, 0.25) is 0 Å². The van der Waals surface area contributed by atoms with Gasteiger partial charge >= 0.3 is 5.69 Å². The average Bonchev–Trinajstić information content (AvgIpc) is 3.07. The Labute approximate surface area is 147 Å². The van der Waals surface area contributed by atoms with Gasteiger partial charge in [-0.3, -0.25) is 4.79 Å². The van der Waals surface area contributed by atoms with Crippen LogP contribution in [0.15, 0.2) is 23.5 Å². The van der Waals surface area contributed by atoms with E-state index in [9.17, 15) is 9.59 Å². The molecule has 0 spiro atoms. The number of carbonyl (C=O) groups excluding carboxylic acids is 1. The molecule has 1 atom stereocenters. The summed E-state index contributed by atoms with van der Waals surface area (Å²) in [7, 11) is 0. The Morgan fingerprint density at radius 2 is 2.24 bits per heavy atom. The number of aromatic nitrogens is 4. The third-order valence-electron chi connectivity index (χ3n) is 4.94. The number of aromatic amines is 1. The lowest BCUT2D eigenvalue weighted by atomic mass is 9.97. The average molecular weight is 343 g/mol. The molecule has 0 aromatic carbocycles. The monoisotopic (exact) mass is 343 g/mol. The van der Waals surface area contributed by atoms with Crippen molar-refractivity contribution in [2.75, 3.05) is 13.1 Å². The highest BCUT2D eigenvalue weighted by molar-refractivity contribution is 5.76. The molecular formula is C18H25N5O2. The van der Waals surface area contributed by atoms with E-state index in [0.717, 1.165) is 43.7 Å². The number of H-pyrrole nitrogens is 1. The van der Waals surface area contributed by atoms with Crippen molar-refractivity contribution in [3.05, 3.63) is 46.2 Å². The number of piperidine rings is 1. The minimum Gasteiger partial charge on any atom is -0.342 e. The van der Waals surface area contributed by atoms with Gasteiger partial charge in [-0.1, -0.05) is 0 Å². The van der Waals surface area contributed by atoms with Crippen molar-refractivity contribution >= 4 is 5.91 Å². The van der Waals surface area contributed by atoms with Crippen LogP contribution in [0.4, 0.5) is 0 Å². The zero-order valence-electron chi connectivity index (χ0n) is 14.9. The lowest BCUT2D eigenvalue weighted by molar-refractivity contribution is -0.133. The largest absolute Gasteiger partial charge is 0.345 e. The molecule has 1 saturated heterocycles. The van der Waals surface area contributed by atoms with Crippen LogP contribution in [0.5, 0.6) is 0 Å². The molecule has 0 aliphatic carbocycles. The van der Waals surface area contributed by atoms with Crippen LogP contribution in [-0.4, -0.2) is 43.4 Å². The van der Waals surface area contributed by atoms with Crippen LogP contribution in [-0.2, 0) is 17.8 Å². The minimum absolute atomic E-state index is 0.181. The second-order valence-corrected chi connectivity index (χ2v) is 6.84. The van der Waals surface area contributed by atoms with E-state index in [2.05, 4.69) is 19.5 Å². The van der Waals surface area contributed by atoms with Crippen LogP contribution in [0.3, 0.4) is 0 Å². The summed E-state index contributed by atoms with van der Waals surface area (Å²) in [6.07, 6.45) is 8.84. The van der Waals surface area contributed by atoms with Crippen molar-refractivity contribution < 1.29 is 4.79 Å². The number of imidazole rings is 1. The van der Waals surface area contributed by atoms with Crippen LogP contribution >= 0.6 is 0 Å². The maximum absolute atomic E-state index is 12.6. The van der Waals surface area contributed by atoms with E-state index in [4.69, 9.17) is 0 Å². The van der Waals surface area contributed by atoms with Gasteiger partial charge in [0.05, 0.1) is 6.33 Å². The molecule has 2 aromatic rings. The molecular weight excluding hydrogens is 318 g/mol. The summed E-state index contributed by atoms with van der Waals surface area (Å²) in [6.45, 7) is 6.23. The Morgan fingerprint density at radius 1 is 1.40 bits per heavy atom. The number of carbonyl (C=O) groups is 1. The van der Waals surface area contributed by atoms with Crippen molar-refractivity contribution in [2.24, 2.45) is 5.92 Å². The molecule has 25 heavy (non-hydrogen) atoms. The Balaban J connectivity index is 1.57. The predicted octanol–water partition coefficient (Wildman–Crippen LogP) is 1.45. The molecule has 2 aromatic heterocycles. The fourth-order valence-corrected chi connectivity index (χ4v) is 3.65. The summed E-state index contributed by atoms with van der Waals surface area (Å²) in [5, 5.41) is 0. The molecule has 0 radical (unpaired) electrons. The minimum atomic E-state index is -0.330. The van der Waals surface area contributed by atoms with Crippen LogP contribution < -0.4 is 5.69 Å². The summed E-state index contributed by atoms with van der Waals surface area (Å²) >= 11 is 0. The van der Waals surface area contributed by atoms with Gasteiger partial charge in [-0.2, -0.15) is 4.98 Å². The van der Waals surface area contributed by atoms with E-state index >= 15 is 0 Å². The van der Waals surface area contributed by atoms with Gasteiger partial charge in [0.15, 0.2) is 0 Å². The number of hydrogen-bond acceptors (Lipinski definition) is 4. The number of rotatable bonds is 5. The molecule has 1 aliphatic rings. The molecule has 1 aliphatic heterocycles. The molecule has 1 N–H and O–H groups in total. The van der Waals surface area contributed by atoms with E-state index in [1.54, 1.807) is 6.20 Å². The number of aryl methyl sites for hydroxylation is 2. The topological polar surface area (TPSA) is 83.9 Å². The zero-order chi connectivity index (χ0) is 17.8. The highest BCUT2D eigenvalue weighted by atomic mass is 16.2. The fourth-order valence-electron chi connectivity index (χ4n) is 3.65. The first-order chi connectivity index (χ1) is 12.0. The fraction of sp³-hybridized carbons (Fsp3) is 0.556. The second kappa shape index (κ2) is 7.63. The number of amides is 1. The van der Waals surface area contributed by atoms with E-state index in [1.165, 1.54) is 0 Å².